The predicted molar refractivity (Wildman–Crippen MR) is 114 cm³/mol. The van der Waals surface area contributed by atoms with Crippen LogP contribution in [0.25, 0.3) is 10.6 Å². The number of carbonyl (C=O) groups excluding carboxylic acids is 1. The third-order valence-electron chi connectivity index (χ3n) is 5.26. The van der Waals surface area contributed by atoms with Gasteiger partial charge in [-0.2, -0.15) is 0 Å². The minimum absolute atomic E-state index is 0.137. The second-order valence-electron chi connectivity index (χ2n) is 7.29. The van der Waals surface area contributed by atoms with E-state index in [-0.39, 0.29) is 5.91 Å². The molecule has 0 unspecified atom stereocenters. The lowest BCUT2D eigenvalue weighted by atomic mass is 10.1. The van der Waals surface area contributed by atoms with E-state index >= 15 is 0 Å². The van der Waals surface area contributed by atoms with Crippen LogP contribution in [0, 0.1) is 13.8 Å². The first-order valence-electron chi connectivity index (χ1n) is 9.62. The first-order valence-corrected chi connectivity index (χ1v) is 10.9. The van der Waals surface area contributed by atoms with E-state index in [1.807, 2.05) is 43.0 Å². The molecule has 0 bridgehead atoms. The number of hydrogen-bond acceptors (Lipinski definition) is 6. The number of benzene rings is 1. The number of piperazine rings is 1. The van der Waals surface area contributed by atoms with Gasteiger partial charge in [-0.3, -0.25) is 9.69 Å². The second kappa shape index (κ2) is 8.65. The molecule has 0 spiro atoms. The summed E-state index contributed by atoms with van der Waals surface area (Å²) in [4.78, 5) is 21.7. The number of carbonyl (C=O) groups is 1. The molecule has 3 heterocycles. The largest absolute Gasteiger partial charge is 0.361 e. The summed E-state index contributed by atoms with van der Waals surface area (Å²) in [7, 11) is 0. The molecule has 8 heteroatoms. The molecule has 0 saturated carbocycles. The van der Waals surface area contributed by atoms with Crippen LogP contribution in [0.1, 0.15) is 22.7 Å². The number of halogens is 1. The van der Waals surface area contributed by atoms with E-state index in [1.165, 1.54) is 0 Å². The average molecular weight is 431 g/mol. The molecule has 3 aromatic rings. The molecule has 0 N–H and O–H groups in total. The van der Waals surface area contributed by atoms with Gasteiger partial charge in [-0.05, 0) is 26.0 Å². The highest BCUT2D eigenvalue weighted by molar-refractivity contribution is 7.13. The molecule has 1 saturated heterocycles. The molecular formula is C21H23ClN4O2S. The fraction of sp³-hybridized carbons (Fsp3) is 0.381. The highest BCUT2D eigenvalue weighted by Crippen LogP contribution is 2.26. The molecule has 0 aliphatic carbocycles. The summed E-state index contributed by atoms with van der Waals surface area (Å²) in [5.74, 6) is 0.868. The Balaban J connectivity index is 1.30. The van der Waals surface area contributed by atoms with Gasteiger partial charge >= 0.3 is 0 Å². The van der Waals surface area contributed by atoms with E-state index in [9.17, 15) is 4.79 Å². The number of aromatic nitrogens is 2. The Morgan fingerprint density at radius 3 is 2.55 bits per heavy atom. The number of thiazole rings is 1. The standard InChI is InChI=1S/C21H23ClN4O2S/c1-14-19(15(2)28-24-14)11-20(27)26-9-7-25(8-10-26)12-18-13-29-21(23-18)16-3-5-17(22)6-4-16/h3-6,13H,7-12H2,1-2H3. The van der Waals surface area contributed by atoms with Crippen molar-refractivity contribution in [2.45, 2.75) is 26.8 Å². The van der Waals surface area contributed by atoms with Crippen molar-refractivity contribution in [3.8, 4) is 10.6 Å². The summed E-state index contributed by atoms with van der Waals surface area (Å²) in [5, 5.41) is 7.78. The van der Waals surface area contributed by atoms with Crippen molar-refractivity contribution >= 4 is 28.8 Å². The Morgan fingerprint density at radius 1 is 1.17 bits per heavy atom. The SMILES string of the molecule is Cc1noc(C)c1CC(=O)N1CCN(Cc2csc(-c3ccc(Cl)cc3)n2)CC1. The number of aryl methyl sites for hydroxylation is 2. The van der Waals surface area contributed by atoms with Crippen molar-refractivity contribution < 1.29 is 9.32 Å². The zero-order chi connectivity index (χ0) is 20.4. The van der Waals surface area contributed by atoms with Crippen molar-refractivity contribution in [3.63, 3.8) is 0 Å². The van der Waals surface area contributed by atoms with Gasteiger partial charge in [-0.1, -0.05) is 28.9 Å². The molecule has 1 aliphatic heterocycles. The van der Waals surface area contributed by atoms with Crippen molar-refractivity contribution in [3.05, 3.63) is 57.4 Å². The zero-order valence-corrected chi connectivity index (χ0v) is 18.1. The monoisotopic (exact) mass is 430 g/mol. The topological polar surface area (TPSA) is 62.5 Å². The molecule has 1 aliphatic rings. The highest BCUT2D eigenvalue weighted by Gasteiger charge is 2.23. The van der Waals surface area contributed by atoms with Gasteiger partial charge in [0, 0.05) is 54.3 Å². The Labute approximate surface area is 179 Å². The van der Waals surface area contributed by atoms with Crippen LogP contribution in [-0.4, -0.2) is 52.0 Å². The Hall–Kier alpha value is -2.22. The molecule has 152 valence electrons. The van der Waals surface area contributed by atoms with Gasteiger partial charge in [0.2, 0.25) is 5.91 Å². The third-order valence-corrected chi connectivity index (χ3v) is 6.45. The number of hydrogen-bond donors (Lipinski definition) is 0. The molecule has 0 atom stereocenters. The third kappa shape index (κ3) is 4.69. The van der Waals surface area contributed by atoms with Crippen LogP contribution >= 0.6 is 22.9 Å². The molecule has 4 rings (SSSR count). The maximum atomic E-state index is 12.6. The number of nitrogens with zero attached hydrogens (tertiary/aromatic N) is 4. The normalized spacial score (nSPS) is 15.1. The molecule has 1 aromatic carbocycles. The van der Waals surface area contributed by atoms with Crippen LogP contribution in [0.2, 0.25) is 5.02 Å². The van der Waals surface area contributed by atoms with Gasteiger partial charge < -0.3 is 9.42 Å². The summed E-state index contributed by atoms with van der Waals surface area (Å²) in [6.45, 7) is 7.70. The van der Waals surface area contributed by atoms with Gasteiger partial charge in [-0.25, -0.2) is 4.98 Å². The summed E-state index contributed by atoms with van der Waals surface area (Å²) >= 11 is 7.61. The van der Waals surface area contributed by atoms with E-state index in [2.05, 4.69) is 15.4 Å². The summed E-state index contributed by atoms with van der Waals surface area (Å²) in [6.07, 6.45) is 0.359. The van der Waals surface area contributed by atoms with Crippen molar-refractivity contribution in [1.82, 2.24) is 19.9 Å². The minimum Gasteiger partial charge on any atom is -0.361 e. The fourth-order valence-electron chi connectivity index (χ4n) is 3.51. The quantitative estimate of drug-likeness (QED) is 0.613. The molecular weight excluding hydrogens is 408 g/mol. The van der Waals surface area contributed by atoms with E-state index < -0.39 is 0 Å². The number of rotatable bonds is 5. The lowest BCUT2D eigenvalue weighted by Gasteiger charge is -2.34. The van der Waals surface area contributed by atoms with Crippen LogP contribution < -0.4 is 0 Å². The molecule has 0 radical (unpaired) electrons. The van der Waals surface area contributed by atoms with Gasteiger partial charge in [-0.15, -0.1) is 11.3 Å². The summed E-state index contributed by atoms with van der Waals surface area (Å²) < 4.78 is 5.17. The maximum absolute atomic E-state index is 12.6. The fourth-order valence-corrected chi connectivity index (χ4v) is 4.45. The van der Waals surface area contributed by atoms with Gasteiger partial charge in [0.15, 0.2) is 0 Å². The van der Waals surface area contributed by atoms with Crippen LogP contribution in [-0.2, 0) is 17.8 Å². The van der Waals surface area contributed by atoms with E-state index in [1.54, 1.807) is 11.3 Å². The lowest BCUT2D eigenvalue weighted by Crippen LogP contribution is -2.48. The Kier molecular flexibility index (Phi) is 5.99. The number of amides is 1. The summed E-state index contributed by atoms with van der Waals surface area (Å²) in [5.41, 5.74) is 3.86. The average Bonchev–Trinajstić information content (AvgIpc) is 3.31. The first kappa shape index (κ1) is 20.1. The van der Waals surface area contributed by atoms with Crippen LogP contribution in [0.5, 0.6) is 0 Å². The van der Waals surface area contributed by atoms with Crippen LogP contribution in [0.15, 0.2) is 34.2 Å². The molecule has 6 nitrogen and oxygen atoms in total. The van der Waals surface area contributed by atoms with E-state index in [0.717, 1.165) is 71.0 Å². The molecule has 2 aromatic heterocycles. The van der Waals surface area contributed by atoms with Crippen molar-refractivity contribution in [2.75, 3.05) is 26.2 Å². The molecule has 1 amide bonds. The summed E-state index contributed by atoms with van der Waals surface area (Å²) in [6, 6.07) is 7.76. The van der Waals surface area contributed by atoms with Crippen LogP contribution in [0.4, 0.5) is 0 Å². The maximum Gasteiger partial charge on any atom is 0.227 e. The minimum atomic E-state index is 0.137. The van der Waals surface area contributed by atoms with Gasteiger partial charge in [0.05, 0.1) is 17.8 Å². The van der Waals surface area contributed by atoms with Crippen molar-refractivity contribution in [2.24, 2.45) is 0 Å². The van der Waals surface area contributed by atoms with Gasteiger partial charge in [0.25, 0.3) is 0 Å². The Morgan fingerprint density at radius 2 is 1.90 bits per heavy atom. The first-order chi connectivity index (χ1) is 14.0. The molecule has 29 heavy (non-hydrogen) atoms. The Bertz CT molecular complexity index is 971. The van der Waals surface area contributed by atoms with Gasteiger partial charge in [0.1, 0.15) is 10.8 Å². The highest BCUT2D eigenvalue weighted by atomic mass is 35.5. The van der Waals surface area contributed by atoms with E-state index in [4.69, 9.17) is 21.1 Å². The second-order valence-corrected chi connectivity index (χ2v) is 8.58. The predicted octanol–water partition coefficient (Wildman–Crippen LogP) is 3.96. The molecule has 1 fully saturated rings. The zero-order valence-electron chi connectivity index (χ0n) is 16.5. The smallest absolute Gasteiger partial charge is 0.227 e. The lowest BCUT2D eigenvalue weighted by molar-refractivity contribution is -0.132. The van der Waals surface area contributed by atoms with Crippen molar-refractivity contribution in [1.29, 1.82) is 0 Å². The van der Waals surface area contributed by atoms with Crippen LogP contribution in [0.3, 0.4) is 0 Å². The van der Waals surface area contributed by atoms with E-state index in [0.29, 0.717) is 6.42 Å².